The number of para-hydroxylation sites is 1. The van der Waals surface area contributed by atoms with Crippen LogP contribution in [0.3, 0.4) is 0 Å². The number of aromatic nitrogens is 1. The van der Waals surface area contributed by atoms with Crippen LogP contribution in [0.5, 0.6) is 0 Å². The van der Waals surface area contributed by atoms with E-state index >= 15 is 0 Å². The fourth-order valence-corrected chi connectivity index (χ4v) is 3.06. The summed E-state index contributed by atoms with van der Waals surface area (Å²) in [7, 11) is 0. The minimum atomic E-state index is -6.72. The Morgan fingerprint density at radius 2 is 1.63 bits per heavy atom. The Hall–Kier alpha value is -2.09. The molecular formula is C13H5F9N2O2S. The van der Waals surface area contributed by atoms with Crippen LogP contribution in [0.1, 0.15) is 0 Å². The Kier molecular flexibility index (Phi) is 3.98. The van der Waals surface area contributed by atoms with E-state index in [2.05, 4.69) is 9.72 Å². The molecule has 0 aliphatic carbocycles. The largest absolute Gasteiger partial charge is 0.428 e. The third kappa shape index (κ3) is 2.42. The predicted octanol–water partition coefficient (Wildman–Crippen LogP) is 4.43. The number of amides is 1. The number of ether oxygens (including phenoxy) is 1. The molecule has 1 amide bonds. The summed E-state index contributed by atoms with van der Waals surface area (Å²) in [4.78, 5) is 15.2. The van der Waals surface area contributed by atoms with Crippen molar-refractivity contribution < 1.29 is 49.0 Å². The van der Waals surface area contributed by atoms with Gasteiger partial charge in [0, 0.05) is 0 Å². The molecule has 1 aromatic heterocycles. The molecule has 4 nitrogen and oxygen atoms in total. The second kappa shape index (κ2) is 5.47. The van der Waals surface area contributed by atoms with Crippen molar-refractivity contribution in [3.63, 3.8) is 0 Å². The van der Waals surface area contributed by atoms with Crippen LogP contribution < -0.4 is 5.32 Å². The van der Waals surface area contributed by atoms with Crippen LogP contribution in [0, 0.1) is 0 Å². The summed E-state index contributed by atoms with van der Waals surface area (Å²) < 4.78 is 123. The number of anilines is 1. The average molecular weight is 424 g/mol. The number of nitrogens with one attached hydrogen (secondary N) is 1. The summed E-state index contributed by atoms with van der Waals surface area (Å²) in [5, 5.41) is 0.607. The van der Waals surface area contributed by atoms with E-state index in [1.165, 1.54) is 29.6 Å². The van der Waals surface area contributed by atoms with Crippen molar-refractivity contribution in [1.82, 2.24) is 4.98 Å². The van der Waals surface area contributed by atoms with Gasteiger partial charge in [-0.3, -0.25) is 14.8 Å². The monoisotopic (exact) mass is 424 g/mol. The van der Waals surface area contributed by atoms with Gasteiger partial charge in [0.25, 0.3) is 0 Å². The van der Waals surface area contributed by atoms with Crippen molar-refractivity contribution in [2.45, 2.75) is 29.7 Å². The molecule has 1 unspecified atom stereocenters. The highest BCUT2D eigenvalue weighted by Crippen LogP contribution is 2.64. The SMILES string of the molecule is O=C(Nc1nc2ccccc2s1)C(F)(F)C1(F)OC(F)(F)C(F)(F)C1(F)F. The van der Waals surface area contributed by atoms with Crippen LogP contribution in [0.25, 0.3) is 10.2 Å². The lowest BCUT2D eigenvalue weighted by atomic mass is 9.99. The molecule has 1 saturated heterocycles. The van der Waals surface area contributed by atoms with E-state index in [-0.39, 0.29) is 5.52 Å². The van der Waals surface area contributed by atoms with Crippen LogP contribution >= 0.6 is 11.3 Å². The Morgan fingerprint density at radius 1 is 1.04 bits per heavy atom. The highest BCUT2D eigenvalue weighted by molar-refractivity contribution is 7.22. The van der Waals surface area contributed by atoms with E-state index in [0.29, 0.717) is 16.0 Å². The number of carbonyl (C=O) groups is 1. The molecule has 0 bridgehead atoms. The second-order valence-electron chi connectivity index (χ2n) is 5.38. The van der Waals surface area contributed by atoms with Crippen LogP contribution in [0.4, 0.5) is 44.6 Å². The van der Waals surface area contributed by atoms with Gasteiger partial charge in [-0.15, -0.1) is 0 Å². The van der Waals surface area contributed by atoms with Gasteiger partial charge in [-0.25, -0.2) is 4.98 Å². The number of rotatable bonds is 3. The zero-order valence-corrected chi connectivity index (χ0v) is 13.2. The van der Waals surface area contributed by atoms with E-state index in [1.807, 2.05) is 0 Å². The van der Waals surface area contributed by atoms with E-state index in [1.54, 1.807) is 0 Å². The zero-order valence-electron chi connectivity index (χ0n) is 12.4. The molecule has 27 heavy (non-hydrogen) atoms. The number of alkyl halides is 9. The summed E-state index contributed by atoms with van der Waals surface area (Å²) in [6, 6.07) is 5.81. The molecule has 2 aromatic rings. The minimum absolute atomic E-state index is 0.177. The van der Waals surface area contributed by atoms with Crippen LogP contribution in [-0.2, 0) is 9.53 Å². The maximum atomic E-state index is 14.1. The first-order valence-electron chi connectivity index (χ1n) is 6.75. The van der Waals surface area contributed by atoms with Crippen molar-refractivity contribution in [2.75, 3.05) is 5.32 Å². The third-order valence-electron chi connectivity index (χ3n) is 3.64. The standard InChI is InChI=1S/C13H5F9N2O2S/c14-9(15,12(20)10(16,17)11(18,19)13(21,22)26-12)7(25)24-8-23-5-3-1-2-4-6(5)27-8/h1-4H,(H,23,24,25). The fourth-order valence-electron chi connectivity index (χ4n) is 2.20. The highest BCUT2D eigenvalue weighted by Gasteiger charge is 2.96. The Morgan fingerprint density at radius 3 is 2.15 bits per heavy atom. The van der Waals surface area contributed by atoms with Gasteiger partial charge in [-0.1, -0.05) is 23.5 Å². The topological polar surface area (TPSA) is 51.2 Å². The first kappa shape index (κ1) is 19.7. The Labute approximate surface area is 146 Å². The lowest BCUT2D eigenvalue weighted by Gasteiger charge is -2.31. The highest BCUT2D eigenvalue weighted by atomic mass is 32.1. The zero-order chi connectivity index (χ0) is 20.5. The summed E-state index contributed by atoms with van der Waals surface area (Å²) in [5.41, 5.74) is 0.177. The lowest BCUT2D eigenvalue weighted by molar-refractivity contribution is -0.366. The van der Waals surface area contributed by atoms with Gasteiger partial charge < -0.3 is 0 Å². The lowest BCUT2D eigenvalue weighted by Crippen LogP contribution is -2.63. The smallest absolute Gasteiger partial charge is 0.296 e. The van der Waals surface area contributed by atoms with E-state index in [4.69, 9.17) is 0 Å². The quantitative estimate of drug-likeness (QED) is 0.742. The van der Waals surface area contributed by atoms with Crippen LogP contribution in [0.2, 0.25) is 0 Å². The number of hydrogen-bond acceptors (Lipinski definition) is 4. The van der Waals surface area contributed by atoms with Gasteiger partial charge in [-0.2, -0.15) is 39.5 Å². The van der Waals surface area contributed by atoms with E-state index in [9.17, 15) is 44.3 Å². The van der Waals surface area contributed by atoms with Gasteiger partial charge in [-0.05, 0) is 12.1 Å². The normalized spacial score (nSPS) is 26.3. The molecule has 0 radical (unpaired) electrons. The molecule has 1 aliphatic rings. The van der Waals surface area contributed by atoms with Crippen molar-refractivity contribution in [3.8, 4) is 0 Å². The molecule has 3 rings (SSSR count). The molecule has 0 saturated carbocycles. The number of carbonyl (C=O) groups excluding carboxylic acids is 1. The minimum Gasteiger partial charge on any atom is -0.296 e. The number of fused-ring (bicyclic) bond motifs is 1. The van der Waals surface area contributed by atoms with Crippen molar-refractivity contribution >= 4 is 32.6 Å². The summed E-state index contributed by atoms with van der Waals surface area (Å²) in [6.45, 7) is 0. The molecule has 2 heterocycles. The predicted molar refractivity (Wildman–Crippen MR) is 73.0 cm³/mol. The number of benzene rings is 1. The van der Waals surface area contributed by atoms with Gasteiger partial charge in [0.15, 0.2) is 5.13 Å². The summed E-state index contributed by atoms with van der Waals surface area (Å²) in [6.07, 6.45) is -6.29. The second-order valence-corrected chi connectivity index (χ2v) is 6.41. The molecule has 1 N–H and O–H groups in total. The van der Waals surface area contributed by atoms with Gasteiger partial charge >= 0.3 is 35.6 Å². The van der Waals surface area contributed by atoms with E-state index < -0.39 is 40.8 Å². The first-order chi connectivity index (χ1) is 12.2. The van der Waals surface area contributed by atoms with Crippen molar-refractivity contribution in [2.24, 2.45) is 0 Å². The number of halogens is 9. The number of hydrogen-bond donors (Lipinski definition) is 1. The Bertz CT molecular complexity index is 883. The molecule has 1 fully saturated rings. The Balaban J connectivity index is 1.96. The molecule has 1 aromatic carbocycles. The van der Waals surface area contributed by atoms with Crippen LogP contribution in [0.15, 0.2) is 24.3 Å². The number of nitrogens with zero attached hydrogens (tertiary/aromatic N) is 1. The summed E-state index contributed by atoms with van der Waals surface area (Å²) >= 11 is 0.559. The molecule has 1 atom stereocenters. The van der Waals surface area contributed by atoms with E-state index in [0.717, 1.165) is 0 Å². The maximum absolute atomic E-state index is 14.1. The van der Waals surface area contributed by atoms with Gasteiger partial charge in [0.2, 0.25) is 0 Å². The van der Waals surface area contributed by atoms with Crippen LogP contribution in [-0.4, -0.2) is 40.6 Å². The number of thiazole rings is 1. The summed E-state index contributed by atoms with van der Waals surface area (Å²) in [5.74, 6) is -28.7. The van der Waals surface area contributed by atoms with Crippen molar-refractivity contribution in [3.05, 3.63) is 24.3 Å². The maximum Gasteiger partial charge on any atom is 0.428 e. The molecular weight excluding hydrogens is 419 g/mol. The first-order valence-corrected chi connectivity index (χ1v) is 7.56. The third-order valence-corrected chi connectivity index (χ3v) is 4.59. The van der Waals surface area contributed by atoms with Gasteiger partial charge in [0.1, 0.15) is 0 Å². The molecule has 14 heteroatoms. The molecule has 1 aliphatic heterocycles. The average Bonchev–Trinajstić information content (AvgIpc) is 2.98. The van der Waals surface area contributed by atoms with Crippen molar-refractivity contribution in [1.29, 1.82) is 0 Å². The molecule has 0 spiro atoms. The fraction of sp³-hybridized carbons (Fsp3) is 0.385. The molecule has 148 valence electrons. The van der Waals surface area contributed by atoms with Gasteiger partial charge in [0.05, 0.1) is 10.2 Å².